The molecule has 0 spiro atoms. The molecule has 0 atom stereocenters. The van der Waals surface area contributed by atoms with Crippen molar-refractivity contribution < 1.29 is 4.74 Å². The van der Waals surface area contributed by atoms with Gasteiger partial charge in [-0.05, 0) is 30.9 Å². The summed E-state index contributed by atoms with van der Waals surface area (Å²) in [7, 11) is 0. The topological polar surface area (TPSA) is 35.2 Å². The summed E-state index contributed by atoms with van der Waals surface area (Å²) in [6, 6.07) is 8.87. The van der Waals surface area contributed by atoms with Crippen molar-refractivity contribution in [3.63, 3.8) is 0 Å². The number of nitrogens with two attached hydrogens (primary N) is 1. The van der Waals surface area contributed by atoms with Crippen LogP contribution in [0, 0.1) is 12.3 Å². The van der Waals surface area contributed by atoms with E-state index in [0.717, 1.165) is 26.2 Å². The van der Waals surface area contributed by atoms with Crippen molar-refractivity contribution in [3.05, 3.63) is 35.4 Å². The molecule has 0 aliphatic carbocycles. The minimum absolute atomic E-state index is 0.153. The normalized spacial score (nSPS) is 18.8. The molecule has 1 aromatic carbocycles. The van der Waals surface area contributed by atoms with Crippen LogP contribution < -0.4 is 5.73 Å². The van der Waals surface area contributed by atoms with Gasteiger partial charge in [0, 0.05) is 5.41 Å². The third-order valence-electron chi connectivity index (χ3n) is 4.37. The molecule has 1 fully saturated rings. The van der Waals surface area contributed by atoms with Crippen molar-refractivity contribution in [3.8, 4) is 0 Å². The fourth-order valence-corrected chi connectivity index (χ4v) is 2.73. The average molecular weight is 233 g/mol. The van der Waals surface area contributed by atoms with Crippen LogP contribution in [0.2, 0.25) is 0 Å². The van der Waals surface area contributed by atoms with Crippen molar-refractivity contribution >= 4 is 0 Å². The summed E-state index contributed by atoms with van der Waals surface area (Å²) in [5.41, 5.74) is 8.80. The Morgan fingerprint density at radius 3 is 2.24 bits per heavy atom. The van der Waals surface area contributed by atoms with Crippen molar-refractivity contribution in [2.24, 2.45) is 11.1 Å². The summed E-state index contributed by atoms with van der Waals surface area (Å²) in [5, 5.41) is 0. The van der Waals surface area contributed by atoms with Gasteiger partial charge in [0.2, 0.25) is 0 Å². The first-order valence-electron chi connectivity index (χ1n) is 6.37. The second kappa shape index (κ2) is 4.43. The van der Waals surface area contributed by atoms with Gasteiger partial charge in [-0.15, -0.1) is 0 Å². The molecular weight excluding hydrogens is 210 g/mol. The molecule has 17 heavy (non-hydrogen) atoms. The third kappa shape index (κ3) is 2.00. The van der Waals surface area contributed by atoms with Gasteiger partial charge in [-0.25, -0.2) is 0 Å². The summed E-state index contributed by atoms with van der Waals surface area (Å²) in [6.45, 7) is 9.12. The molecule has 2 heteroatoms. The Morgan fingerprint density at radius 2 is 1.82 bits per heavy atom. The maximum absolute atomic E-state index is 5.75. The molecule has 1 aliphatic heterocycles. The van der Waals surface area contributed by atoms with Crippen LogP contribution in [0.5, 0.6) is 0 Å². The van der Waals surface area contributed by atoms with Crippen molar-refractivity contribution in [2.75, 3.05) is 19.8 Å². The Labute approximate surface area is 104 Å². The Balaban J connectivity index is 2.34. The van der Waals surface area contributed by atoms with Crippen LogP contribution in [0.25, 0.3) is 0 Å². The lowest BCUT2D eigenvalue weighted by Crippen LogP contribution is -2.57. The van der Waals surface area contributed by atoms with Crippen molar-refractivity contribution in [2.45, 2.75) is 32.6 Å². The largest absolute Gasteiger partial charge is 0.379 e. The lowest BCUT2D eigenvalue weighted by molar-refractivity contribution is -0.121. The molecule has 1 heterocycles. The number of rotatable bonds is 4. The molecule has 0 aromatic heterocycles. The summed E-state index contributed by atoms with van der Waals surface area (Å²) in [5.74, 6) is 0. The highest BCUT2D eigenvalue weighted by Gasteiger charge is 2.51. The van der Waals surface area contributed by atoms with Crippen LogP contribution in [0.3, 0.4) is 0 Å². The Morgan fingerprint density at radius 1 is 1.24 bits per heavy atom. The summed E-state index contributed by atoms with van der Waals surface area (Å²) in [4.78, 5) is 0. The van der Waals surface area contributed by atoms with Gasteiger partial charge in [-0.1, -0.05) is 43.7 Å². The molecule has 0 amide bonds. The van der Waals surface area contributed by atoms with Gasteiger partial charge in [0.15, 0.2) is 0 Å². The van der Waals surface area contributed by atoms with Crippen LogP contribution in [0.1, 0.15) is 31.4 Å². The fraction of sp³-hybridized carbons (Fsp3) is 0.600. The van der Waals surface area contributed by atoms with E-state index in [1.165, 1.54) is 11.1 Å². The molecule has 0 bridgehead atoms. The predicted molar refractivity (Wildman–Crippen MR) is 71.1 cm³/mol. The zero-order chi connectivity index (χ0) is 12.5. The number of hydrogen-bond donors (Lipinski definition) is 1. The zero-order valence-electron chi connectivity index (χ0n) is 11.1. The smallest absolute Gasteiger partial charge is 0.0590 e. The van der Waals surface area contributed by atoms with E-state index in [1.54, 1.807) is 0 Å². The fourth-order valence-electron chi connectivity index (χ4n) is 2.73. The van der Waals surface area contributed by atoms with Gasteiger partial charge in [-0.2, -0.15) is 0 Å². The highest BCUT2D eigenvalue weighted by Crippen LogP contribution is 2.49. The van der Waals surface area contributed by atoms with E-state index < -0.39 is 0 Å². The monoisotopic (exact) mass is 233 g/mol. The molecule has 2 N–H and O–H groups in total. The highest BCUT2D eigenvalue weighted by molar-refractivity contribution is 5.33. The summed E-state index contributed by atoms with van der Waals surface area (Å²) >= 11 is 0. The van der Waals surface area contributed by atoms with E-state index in [2.05, 4.69) is 45.0 Å². The van der Waals surface area contributed by atoms with E-state index in [9.17, 15) is 0 Å². The molecule has 1 aliphatic rings. The van der Waals surface area contributed by atoms with Gasteiger partial charge in [0.05, 0.1) is 13.2 Å². The molecule has 0 radical (unpaired) electrons. The highest BCUT2D eigenvalue weighted by atomic mass is 16.5. The Kier molecular flexibility index (Phi) is 3.28. The van der Waals surface area contributed by atoms with E-state index in [-0.39, 0.29) is 10.8 Å². The minimum Gasteiger partial charge on any atom is -0.379 e. The van der Waals surface area contributed by atoms with Crippen LogP contribution in [0.15, 0.2) is 24.3 Å². The second-order valence-corrected chi connectivity index (χ2v) is 5.86. The van der Waals surface area contributed by atoms with Crippen molar-refractivity contribution in [1.29, 1.82) is 0 Å². The minimum atomic E-state index is 0.153. The van der Waals surface area contributed by atoms with Gasteiger partial charge < -0.3 is 10.5 Å². The van der Waals surface area contributed by atoms with Gasteiger partial charge in [0.25, 0.3) is 0 Å². The lowest BCUT2D eigenvalue weighted by Gasteiger charge is -2.53. The third-order valence-corrected chi connectivity index (χ3v) is 4.37. The molecule has 1 saturated heterocycles. The van der Waals surface area contributed by atoms with E-state index in [4.69, 9.17) is 10.5 Å². The number of aryl methyl sites for hydroxylation is 1. The molecular formula is C15H23NO. The molecule has 0 saturated carbocycles. The SMILES string of the molecule is Cc1ccc(C2(C(C)(C)CCN)COC2)cc1. The van der Waals surface area contributed by atoms with E-state index in [0.29, 0.717) is 0 Å². The maximum atomic E-state index is 5.75. The maximum Gasteiger partial charge on any atom is 0.0590 e. The van der Waals surface area contributed by atoms with E-state index in [1.807, 2.05) is 0 Å². The predicted octanol–water partition coefficient (Wildman–Crippen LogP) is 2.64. The van der Waals surface area contributed by atoms with Crippen LogP contribution in [-0.2, 0) is 10.2 Å². The Hall–Kier alpha value is -0.860. The molecule has 1 aromatic rings. The molecule has 94 valence electrons. The molecule has 0 unspecified atom stereocenters. The average Bonchev–Trinajstić information content (AvgIpc) is 2.18. The van der Waals surface area contributed by atoms with Crippen LogP contribution in [0.4, 0.5) is 0 Å². The van der Waals surface area contributed by atoms with E-state index >= 15 is 0 Å². The number of ether oxygens (including phenoxy) is 1. The molecule has 2 rings (SSSR count). The van der Waals surface area contributed by atoms with Crippen molar-refractivity contribution in [1.82, 2.24) is 0 Å². The van der Waals surface area contributed by atoms with Crippen LogP contribution in [-0.4, -0.2) is 19.8 Å². The standard InChI is InChI=1S/C15H23NO/c1-12-4-6-13(7-5-12)15(10-17-11-15)14(2,3)8-9-16/h4-7H,8-11,16H2,1-3H3. The number of hydrogen-bond acceptors (Lipinski definition) is 2. The second-order valence-electron chi connectivity index (χ2n) is 5.86. The van der Waals surface area contributed by atoms with Gasteiger partial charge >= 0.3 is 0 Å². The van der Waals surface area contributed by atoms with Crippen LogP contribution >= 0.6 is 0 Å². The lowest BCUT2D eigenvalue weighted by atomic mass is 9.59. The summed E-state index contributed by atoms with van der Waals surface area (Å²) in [6.07, 6.45) is 1.03. The Bertz CT molecular complexity index is 376. The summed E-state index contributed by atoms with van der Waals surface area (Å²) < 4.78 is 5.51. The number of benzene rings is 1. The first-order valence-corrected chi connectivity index (χ1v) is 6.37. The zero-order valence-corrected chi connectivity index (χ0v) is 11.1. The molecule has 2 nitrogen and oxygen atoms in total. The van der Waals surface area contributed by atoms with Gasteiger partial charge in [0.1, 0.15) is 0 Å². The first-order chi connectivity index (χ1) is 8.02. The van der Waals surface area contributed by atoms with Gasteiger partial charge in [-0.3, -0.25) is 0 Å². The quantitative estimate of drug-likeness (QED) is 0.867. The first kappa shape index (κ1) is 12.6.